The molecule has 1 N–H and O–H groups in total. The van der Waals surface area contributed by atoms with E-state index in [4.69, 9.17) is 14.2 Å². The minimum atomic E-state index is -0.753. The molecule has 2 aromatic carbocycles. The predicted molar refractivity (Wildman–Crippen MR) is 133 cm³/mol. The van der Waals surface area contributed by atoms with E-state index in [0.717, 1.165) is 10.5 Å². The van der Waals surface area contributed by atoms with Crippen molar-refractivity contribution < 1.29 is 33.2 Å². The quantitative estimate of drug-likeness (QED) is 0.540. The fraction of sp³-hybridized carbons (Fsp3) is 0.269. The summed E-state index contributed by atoms with van der Waals surface area (Å²) >= 11 is 0. The number of amidine groups is 1. The van der Waals surface area contributed by atoms with E-state index in [2.05, 4.69) is 10.3 Å². The number of fused-ring (bicyclic) bond motifs is 1. The summed E-state index contributed by atoms with van der Waals surface area (Å²) in [5, 5.41) is 2.76. The number of para-hydroxylation sites is 2. The molecule has 0 aromatic heterocycles. The Bertz CT molecular complexity index is 1280. The van der Waals surface area contributed by atoms with E-state index in [1.165, 1.54) is 17.9 Å². The van der Waals surface area contributed by atoms with Crippen molar-refractivity contribution in [1.29, 1.82) is 0 Å². The smallest absolute Gasteiger partial charge is 0.446 e. The SMILES string of the molecule is COc1ccccc1NC(=O)C[N+]1=C2N=CC=CC2C(=O)N(CCc2ccc(OC)c(OC)c2)C1=O. The van der Waals surface area contributed by atoms with Gasteiger partial charge in [-0.1, -0.05) is 24.3 Å². The molecule has 0 fully saturated rings. The number of carbonyl (C=O) groups is 3. The molecular weight excluding hydrogens is 464 g/mol. The monoisotopic (exact) mass is 491 g/mol. The zero-order chi connectivity index (χ0) is 25.7. The van der Waals surface area contributed by atoms with Gasteiger partial charge in [-0.05, 0) is 35.9 Å². The number of ether oxygens (including phenoxy) is 3. The molecule has 0 radical (unpaired) electrons. The Labute approximate surface area is 208 Å². The summed E-state index contributed by atoms with van der Waals surface area (Å²) < 4.78 is 17.1. The molecule has 2 heterocycles. The van der Waals surface area contributed by atoms with E-state index in [9.17, 15) is 14.4 Å². The number of urea groups is 1. The topological polar surface area (TPSA) is 110 Å². The second-order valence-electron chi connectivity index (χ2n) is 8.05. The van der Waals surface area contributed by atoms with E-state index in [0.29, 0.717) is 29.4 Å². The van der Waals surface area contributed by atoms with E-state index < -0.39 is 17.9 Å². The van der Waals surface area contributed by atoms with E-state index >= 15 is 0 Å². The molecule has 4 rings (SSSR count). The Kier molecular flexibility index (Phi) is 7.43. The highest BCUT2D eigenvalue weighted by atomic mass is 16.5. The summed E-state index contributed by atoms with van der Waals surface area (Å²) in [6.07, 6.45) is 5.22. The maximum absolute atomic E-state index is 13.4. The van der Waals surface area contributed by atoms with E-state index in [-0.39, 0.29) is 24.8 Å². The van der Waals surface area contributed by atoms with Gasteiger partial charge >= 0.3 is 11.9 Å². The molecule has 10 heteroatoms. The Hall–Kier alpha value is -4.47. The predicted octanol–water partition coefficient (Wildman–Crippen LogP) is 2.52. The van der Waals surface area contributed by atoms with Crippen LogP contribution in [0.1, 0.15) is 5.56 Å². The van der Waals surface area contributed by atoms with Crippen LogP contribution in [0.2, 0.25) is 0 Å². The first kappa shape index (κ1) is 24.6. The molecule has 2 aliphatic heterocycles. The molecular formula is C26H27N4O6+. The minimum absolute atomic E-state index is 0.124. The lowest BCUT2D eigenvalue weighted by atomic mass is 10.0. The van der Waals surface area contributed by atoms with Gasteiger partial charge in [-0.15, -0.1) is 4.99 Å². The average Bonchev–Trinajstić information content (AvgIpc) is 2.91. The van der Waals surface area contributed by atoms with Crippen LogP contribution in [0.25, 0.3) is 0 Å². The first-order valence-corrected chi connectivity index (χ1v) is 11.3. The third kappa shape index (κ3) is 4.97. The highest BCUT2D eigenvalue weighted by molar-refractivity contribution is 6.15. The Morgan fingerprint density at radius 1 is 1.03 bits per heavy atom. The summed E-state index contributed by atoms with van der Waals surface area (Å²) in [6, 6.07) is 11.8. The first-order valence-electron chi connectivity index (χ1n) is 11.3. The molecule has 1 unspecified atom stereocenters. The lowest BCUT2D eigenvalue weighted by Gasteiger charge is -2.27. The molecule has 1 atom stereocenters. The fourth-order valence-electron chi connectivity index (χ4n) is 4.10. The van der Waals surface area contributed by atoms with Crippen LogP contribution < -0.4 is 19.5 Å². The van der Waals surface area contributed by atoms with Crippen molar-refractivity contribution in [2.24, 2.45) is 10.9 Å². The number of amides is 4. The number of hydrogen-bond acceptors (Lipinski definition) is 7. The number of rotatable bonds is 9. The molecule has 4 amide bonds. The van der Waals surface area contributed by atoms with Gasteiger partial charge < -0.3 is 19.5 Å². The van der Waals surface area contributed by atoms with Crippen LogP contribution in [0.4, 0.5) is 10.5 Å². The van der Waals surface area contributed by atoms with Gasteiger partial charge in [0.15, 0.2) is 24.0 Å². The molecule has 0 spiro atoms. The Balaban J connectivity index is 1.55. The highest BCUT2D eigenvalue weighted by Crippen LogP contribution is 2.28. The third-order valence-corrected chi connectivity index (χ3v) is 5.90. The summed E-state index contributed by atoms with van der Waals surface area (Å²) in [5.41, 5.74) is 1.34. The molecule has 0 aliphatic carbocycles. The van der Waals surface area contributed by atoms with Crippen LogP contribution in [-0.4, -0.2) is 73.8 Å². The van der Waals surface area contributed by atoms with Crippen molar-refractivity contribution in [2.45, 2.75) is 6.42 Å². The number of anilines is 1. The van der Waals surface area contributed by atoms with Crippen LogP contribution in [0.15, 0.2) is 59.6 Å². The summed E-state index contributed by atoms with van der Waals surface area (Å²) in [5.74, 6) is 0.279. The maximum Gasteiger partial charge on any atom is 0.446 e. The van der Waals surface area contributed by atoms with Gasteiger partial charge in [-0.3, -0.25) is 9.59 Å². The fourth-order valence-corrected chi connectivity index (χ4v) is 4.10. The van der Waals surface area contributed by atoms with Gasteiger partial charge in [-0.2, -0.15) is 9.48 Å². The number of carbonyl (C=O) groups excluding carboxylic acids is 3. The van der Waals surface area contributed by atoms with Crippen molar-refractivity contribution >= 4 is 35.6 Å². The van der Waals surface area contributed by atoms with Crippen molar-refractivity contribution in [3.05, 3.63) is 60.2 Å². The molecule has 2 aromatic rings. The lowest BCUT2D eigenvalue weighted by Crippen LogP contribution is -2.56. The van der Waals surface area contributed by atoms with Crippen LogP contribution in [0, 0.1) is 5.92 Å². The number of allylic oxidation sites excluding steroid dienone is 1. The lowest BCUT2D eigenvalue weighted by molar-refractivity contribution is -0.429. The number of methoxy groups -OCH3 is 3. The normalized spacial score (nSPS) is 16.6. The second kappa shape index (κ2) is 10.9. The Morgan fingerprint density at radius 2 is 1.78 bits per heavy atom. The molecule has 186 valence electrons. The average molecular weight is 492 g/mol. The number of dihydropyridines is 1. The second-order valence-corrected chi connectivity index (χ2v) is 8.05. The van der Waals surface area contributed by atoms with Crippen LogP contribution in [0.5, 0.6) is 17.2 Å². The van der Waals surface area contributed by atoms with Crippen molar-refractivity contribution in [1.82, 2.24) is 4.90 Å². The number of nitrogens with zero attached hydrogens (tertiary/aromatic N) is 3. The Morgan fingerprint density at radius 3 is 2.53 bits per heavy atom. The van der Waals surface area contributed by atoms with Crippen LogP contribution >= 0.6 is 0 Å². The van der Waals surface area contributed by atoms with Crippen LogP contribution in [-0.2, 0) is 16.0 Å². The summed E-state index contributed by atoms with van der Waals surface area (Å²) in [6.45, 7) is -0.187. The van der Waals surface area contributed by atoms with Gasteiger partial charge in [0.1, 0.15) is 12.0 Å². The largest absolute Gasteiger partial charge is 0.495 e. The number of benzene rings is 2. The zero-order valence-corrected chi connectivity index (χ0v) is 20.3. The molecule has 0 bridgehead atoms. The molecule has 0 saturated heterocycles. The number of nitrogens with one attached hydrogen (secondary N) is 1. The first-order chi connectivity index (χ1) is 17.5. The van der Waals surface area contributed by atoms with Gasteiger partial charge in [0.05, 0.1) is 33.6 Å². The van der Waals surface area contributed by atoms with Gasteiger partial charge in [0.25, 0.3) is 11.7 Å². The van der Waals surface area contributed by atoms with Gasteiger partial charge in [-0.25, -0.2) is 4.79 Å². The standard InChI is InChI=1S/C26H26N4O6/c1-34-20-9-5-4-8-19(20)28-23(31)16-30-24-18(7-6-13-27-24)25(32)29(26(30)33)14-12-17-10-11-21(35-2)22(15-17)36-3/h4-11,13,15,18H,12,14,16H2,1-3H3/p+1. The maximum atomic E-state index is 13.4. The van der Waals surface area contributed by atoms with Crippen molar-refractivity contribution in [3.8, 4) is 17.2 Å². The summed E-state index contributed by atoms with van der Waals surface area (Å²) in [7, 11) is 4.60. The number of hydrogen-bond donors (Lipinski definition) is 1. The highest BCUT2D eigenvalue weighted by Gasteiger charge is 2.46. The molecule has 0 saturated carbocycles. The van der Waals surface area contributed by atoms with E-state index in [1.54, 1.807) is 62.8 Å². The number of aliphatic imine (C=N–C) groups is 1. The van der Waals surface area contributed by atoms with Crippen LogP contribution in [0.3, 0.4) is 0 Å². The van der Waals surface area contributed by atoms with Crippen molar-refractivity contribution in [3.63, 3.8) is 0 Å². The van der Waals surface area contributed by atoms with Gasteiger partial charge in [0, 0.05) is 6.42 Å². The zero-order valence-electron chi connectivity index (χ0n) is 20.3. The van der Waals surface area contributed by atoms with Gasteiger partial charge in [0.2, 0.25) is 0 Å². The number of imide groups is 1. The third-order valence-electron chi connectivity index (χ3n) is 5.90. The summed E-state index contributed by atoms with van der Waals surface area (Å²) in [4.78, 5) is 44.9. The molecule has 36 heavy (non-hydrogen) atoms. The molecule has 2 aliphatic rings. The minimum Gasteiger partial charge on any atom is -0.495 e. The van der Waals surface area contributed by atoms with E-state index in [1.807, 2.05) is 6.07 Å². The van der Waals surface area contributed by atoms with Crippen molar-refractivity contribution in [2.75, 3.05) is 39.7 Å². The molecule has 10 nitrogen and oxygen atoms in total.